The molecule has 5 rings (SSSR count). The van der Waals surface area contributed by atoms with E-state index in [1.807, 2.05) is 6.92 Å². The number of nitrogens with zero attached hydrogens (tertiary/aromatic N) is 6. The Morgan fingerprint density at radius 1 is 1.16 bits per heavy atom. The molecule has 0 radical (unpaired) electrons. The van der Waals surface area contributed by atoms with Crippen molar-refractivity contribution in [3.05, 3.63) is 71.1 Å². The number of aryl methyl sites for hydroxylation is 1. The van der Waals surface area contributed by atoms with E-state index in [9.17, 15) is 18.0 Å². The molecule has 1 aromatic carbocycles. The molecule has 0 fully saturated rings. The lowest BCUT2D eigenvalue weighted by Crippen LogP contribution is -2.39. The molecule has 1 amide bonds. The summed E-state index contributed by atoms with van der Waals surface area (Å²) < 4.78 is 44.2. The minimum absolute atomic E-state index is 0.167. The first kappa shape index (κ1) is 19.3. The molecule has 0 saturated carbocycles. The van der Waals surface area contributed by atoms with Crippen LogP contribution in [0.2, 0.25) is 0 Å². The van der Waals surface area contributed by atoms with Gasteiger partial charge in [-0.15, -0.1) is 10.2 Å². The Bertz CT molecular complexity index is 1320. The third-order valence-electron chi connectivity index (χ3n) is 5.70. The Kier molecular flexibility index (Phi) is 4.31. The first-order valence-corrected chi connectivity index (χ1v) is 9.66. The van der Waals surface area contributed by atoms with Crippen molar-refractivity contribution in [1.82, 2.24) is 29.3 Å². The number of carbonyl (C=O) groups excluding carboxylic acids is 1. The molecule has 0 N–H and O–H groups in total. The SMILES string of the molecule is C[C@H]1c2nn(C)c(-c3cc(F)c(F)c(F)c3)c2CCN1C(=O)c1ccc2nncn2c1. The first-order valence-electron chi connectivity index (χ1n) is 9.66. The number of aromatic nitrogens is 5. The van der Waals surface area contributed by atoms with Crippen LogP contribution in [0, 0.1) is 17.5 Å². The van der Waals surface area contributed by atoms with Crippen molar-refractivity contribution >= 4 is 11.6 Å². The Labute approximate surface area is 174 Å². The largest absolute Gasteiger partial charge is 0.330 e. The Morgan fingerprint density at radius 2 is 1.90 bits per heavy atom. The molecule has 7 nitrogen and oxygen atoms in total. The van der Waals surface area contributed by atoms with Gasteiger partial charge in [0.2, 0.25) is 0 Å². The van der Waals surface area contributed by atoms with Gasteiger partial charge < -0.3 is 4.90 Å². The van der Waals surface area contributed by atoms with Crippen molar-refractivity contribution in [2.24, 2.45) is 7.05 Å². The number of pyridine rings is 1. The standard InChI is InChI=1S/C21H17F3N6O/c1-11-19-14(20(28(2)27-19)13-7-15(22)18(24)16(23)8-13)5-6-30(11)21(31)12-3-4-17-26-25-10-29(17)9-12/h3-4,7-11H,5-6H2,1-2H3/t11-/m0/s1. The molecule has 158 valence electrons. The van der Waals surface area contributed by atoms with E-state index in [-0.39, 0.29) is 17.5 Å². The van der Waals surface area contributed by atoms with E-state index in [1.54, 1.807) is 34.7 Å². The molecule has 0 aliphatic carbocycles. The number of benzene rings is 1. The van der Waals surface area contributed by atoms with E-state index in [0.717, 1.165) is 17.7 Å². The van der Waals surface area contributed by atoms with Crippen molar-refractivity contribution < 1.29 is 18.0 Å². The Balaban J connectivity index is 1.51. The number of carbonyl (C=O) groups is 1. The zero-order valence-corrected chi connectivity index (χ0v) is 16.7. The molecule has 4 aromatic rings. The third kappa shape index (κ3) is 2.97. The van der Waals surface area contributed by atoms with Crippen LogP contribution in [0.25, 0.3) is 16.9 Å². The van der Waals surface area contributed by atoms with Gasteiger partial charge in [0.15, 0.2) is 23.1 Å². The minimum Gasteiger partial charge on any atom is -0.330 e. The molecule has 0 unspecified atom stereocenters. The van der Waals surface area contributed by atoms with Crippen LogP contribution in [0.5, 0.6) is 0 Å². The van der Waals surface area contributed by atoms with Crippen molar-refractivity contribution in [2.45, 2.75) is 19.4 Å². The molecule has 1 atom stereocenters. The van der Waals surface area contributed by atoms with Crippen molar-refractivity contribution in [2.75, 3.05) is 6.54 Å². The maximum absolute atomic E-state index is 13.8. The van der Waals surface area contributed by atoms with Crippen LogP contribution in [-0.2, 0) is 13.5 Å². The lowest BCUT2D eigenvalue weighted by atomic mass is 9.95. The lowest BCUT2D eigenvalue weighted by molar-refractivity contribution is 0.0673. The monoisotopic (exact) mass is 426 g/mol. The quantitative estimate of drug-likeness (QED) is 0.462. The summed E-state index contributed by atoms with van der Waals surface area (Å²) in [6.07, 6.45) is 3.65. The van der Waals surface area contributed by atoms with Crippen LogP contribution < -0.4 is 0 Å². The maximum atomic E-state index is 13.8. The van der Waals surface area contributed by atoms with Crippen LogP contribution >= 0.6 is 0 Å². The van der Waals surface area contributed by atoms with Gasteiger partial charge in [-0.05, 0) is 37.6 Å². The van der Waals surface area contributed by atoms with Crippen LogP contribution in [0.1, 0.15) is 34.6 Å². The second-order valence-corrected chi connectivity index (χ2v) is 7.53. The molecule has 0 saturated heterocycles. The number of hydrogen-bond acceptors (Lipinski definition) is 4. The summed E-state index contributed by atoms with van der Waals surface area (Å²) in [5.74, 6) is -4.18. The molecular weight excluding hydrogens is 409 g/mol. The maximum Gasteiger partial charge on any atom is 0.255 e. The van der Waals surface area contributed by atoms with Crippen molar-refractivity contribution in [3.63, 3.8) is 0 Å². The topological polar surface area (TPSA) is 68.3 Å². The average molecular weight is 426 g/mol. The predicted molar refractivity (Wildman–Crippen MR) is 105 cm³/mol. The summed E-state index contributed by atoms with van der Waals surface area (Å²) in [4.78, 5) is 14.9. The van der Waals surface area contributed by atoms with E-state index in [4.69, 9.17) is 0 Å². The molecule has 1 aliphatic rings. The number of halogens is 3. The number of hydrogen-bond donors (Lipinski definition) is 0. The fraction of sp³-hybridized carbons (Fsp3) is 0.238. The zero-order chi connectivity index (χ0) is 21.9. The molecule has 31 heavy (non-hydrogen) atoms. The van der Waals surface area contributed by atoms with Crippen LogP contribution in [0.3, 0.4) is 0 Å². The van der Waals surface area contributed by atoms with E-state index < -0.39 is 17.5 Å². The van der Waals surface area contributed by atoms with Gasteiger partial charge >= 0.3 is 0 Å². The number of amides is 1. The highest BCUT2D eigenvalue weighted by molar-refractivity contribution is 5.94. The van der Waals surface area contributed by atoms with Crippen LogP contribution in [0.4, 0.5) is 13.2 Å². The Hall–Kier alpha value is -3.69. The lowest BCUT2D eigenvalue weighted by Gasteiger charge is -2.33. The summed E-state index contributed by atoms with van der Waals surface area (Å²) >= 11 is 0. The summed E-state index contributed by atoms with van der Waals surface area (Å²) in [7, 11) is 1.66. The minimum atomic E-state index is -1.50. The second-order valence-electron chi connectivity index (χ2n) is 7.53. The summed E-state index contributed by atoms with van der Waals surface area (Å²) in [6.45, 7) is 2.26. The summed E-state index contributed by atoms with van der Waals surface area (Å²) in [5.41, 5.74) is 3.28. The fourth-order valence-corrected chi connectivity index (χ4v) is 4.19. The van der Waals surface area contributed by atoms with Gasteiger partial charge in [0.1, 0.15) is 6.33 Å². The second kappa shape index (κ2) is 6.93. The van der Waals surface area contributed by atoms with Crippen molar-refractivity contribution in [1.29, 1.82) is 0 Å². The van der Waals surface area contributed by atoms with E-state index in [0.29, 0.717) is 35.6 Å². The van der Waals surface area contributed by atoms with Gasteiger partial charge in [-0.1, -0.05) is 0 Å². The van der Waals surface area contributed by atoms with Gasteiger partial charge in [0, 0.05) is 30.9 Å². The third-order valence-corrected chi connectivity index (χ3v) is 5.70. The molecule has 0 bridgehead atoms. The average Bonchev–Trinajstić information content (AvgIpc) is 3.35. The number of rotatable bonds is 2. The van der Waals surface area contributed by atoms with E-state index in [2.05, 4.69) is 15.3 Å². The highest BCUT2D eigenvalue weighted by Crippen LogP contribution is 2.36. The Morgan fingerprint density at radius 3 is 2.65 bits per heavy atom. The summed E-state index contributed by atoms with van der Waals surface area (Å²) in [6, 6.07) is 4.99. The highest BCUT2D eigenvalue weighted by Gasteiger charge is 2.33. The van der Waals surface area contributed by atoms with Gasteiger partial charge in [0.25, 0.3) is 5.91 Å². The first-order chi connectivity index (χ1) is 14.8. The molecule has 1 aliphatic heterocycles. The van der Waals surface area contributed by atoms with Gasteiger partial charge in [-0.2, -0.15) is 5.10 Å². The zero-order valence-electron chi connectivity index (χ0n) is 16.7. The molecule has 0 spiro atoms. The van der Waals surface area contributed by atoms with Crippen LogP contribution in [0.15, 0.2) is 36.8 Å². The van der Waals surface area contributed by atoms with Gasteiger partial charge in [-0.3, -0.25) is 13.9 Å². The van der Waals surface area contributed by atoms with E-state index >= 15 is 0 Å². The van der Waals surface area contributed by atoms with Gasteiger partial charge in [0.05, 0.1) is 23.0 Å². The fourth-order valence-electron chi connectivity index (χ4n) is 4.19. The smallest absolute Gasteiger partial charge is 0.255 e. The molecule has 3 aromatic heterocycles. The van der Waals surface area contributed by atoms with Gasteiger partial charge in [-0.25, -0.2) is 13.2 Å². The highest BCUT2D eigenvalue weighted by atomic mass is 19.2. The molecule has 10 heteroatoms. The van der Waals surface area contributed by atoms with E-state index in [1.165, 1.54) is 11.0 Å². The van der Waals surface area contributed by atoms with Crippen molar-refractivity contribution in [3.8, 4) is 11.3 Å². The van der Waals surface area contributed by atoms with Crippen LogP contribution in [-0.4, -0.2) is 41.7 Å². The predicted octanol–water partition coefficient (Wildman–Crippen LogP) is 3.31. The normalized spacial score (nSPS) is 16.0. The molecular formula is C21H17F3N6O. The number of fused-ring (bicyclic) bond motifs is 2. The molecule has 4 heterocycles. The summed E-state index contributed by atoms with van der Waals surface area (Å²) in [5, 5.41) is 12.3.